The number of nitrogens with one attached hydrogen (secondary N) is 1. The van der Waals surface area contributed by atoms with Crippen molar-refractivity contribution >= 4 is 11.8 Å². The van der Waals surface area contributed by atoms with E-state index >= 15 is 0 Å². The fourth-order valence-corrected chi connectivity index (χ4v) is 3.64. The van der Waals surface area contributed by atoms with Gasteiger partial charge in [0.1, 0.15) is 0 Å². The number of ether oxygens (including phenoxy) is 1. The van der Waals surface area contributed by atoms with Gasteiger partial charge in [-0.1, -0.05) is 13.8 Å². The number of H-pyrrole nitrogens is 1. The number of piperidine rings is 1. The molecule has 5 heteroatoms. The molecule has 0 aliphatic carbocycles. The molecule has 0 bridgehead atoms. The van der Waals surface area contributed by atoms with Gasteiger partial charge in [0.05, 0.1) is 24.9 Å². The number of aromatic nitrogens is 1. The molecule has 1 aliphatic heterocycles. The average molecular weight is 306 g/mol. The number of aromatic amines is 1. The van der Waals surface area contributed by atoms with Crippen molar-refractivity contribution in [2.75, 3.05) is 26.7 Å². The van der Waals surface area contributed by atoms with Gasteiger partial charge < -0.3 is 9.72 Å². The first-order valence-corrected chi connectivity index (χ1v) is 7.86. The zero-order valence-corrected chi connectivity index (χ0v) is 14.2. The smallest absolute Gasteiger partial charge is 0.339 e. The van der Waals surface area contributed by atoms with Gasteiger partial charge in [-0.2, -0.15) is 0 Å². The lowest BCUT2D eigenvalue weighted by Gasteiger charge is -2.34. The molecule has 2 heterocycles. The second kappa shape index (κ2) is 6.65. The molecule has 0 saturated carbocycles. The Kier molecular flexibility index (Phi) is 5.06. The van der Waals surface area contributed by atoms with Crippen LogP contribution in [0.1, 0.15) is 52.4 Å². The maximum Gasteiger partial charge on any atom is 0.339 e. The van der Waals surface area contributed by atoms with Crippen LogP contribution < -0.4 is 0 Å². The average Bonchev–Trinajstić information content (AvgIpc) is 2.72. The van der Waals surface area contributed by atoms with E-state index in [2.05, 4.69) is 23.7 Å². The third-order valence-electron chi connectivity index (χ3n) is 4.42. The molecule has 0 spiro atoms. The van der Waals surface area contributed by atoms with Crippen LogP contribution in [0.25, 0.3) is 0 Å². The van der Waals surface area contributed by atoms with Gasteiger partial charge in [-0.05, 0) is 37.7 Å². The van der Waals surface area contributed by atoms with Crippen molar-refractivity contribution < 1.29 is 14.3 Å². The Morgan fingerprint density at radius 3 is 2.36 bits per heavy atom. The lowest BCUT2D eigenvalue weighted by Crippen LogP contribution is -2.41. The minimum Gasteiger partial charge on any atom is -0.465 e. The Balaban J connectivity index is 2.15. The number of hydrogen-bond donors (Lipinski definition) is 1. The second-order valence-corrected chi connectivity index (χ2v) is 6.68. The Morgan fingerprint density at radius 1 is 1.23 bits per heavy atom. The third-order valence-corrected chi connectivity index (χ3v) is 4.42. The first-order chi connectivity index (χ1) is 10.3. The molecular formula is C17H26N2O3. The number of Topliss-reactive ketones (excluding diaryl/α,β-unsaturated/α-hetero) is 1. The van der Waals surface area contributed by atoms with Crippen LogP contribution in [0, 0.1) is 25.7 Å². The van der Waals surface area contributed by atoms with Crippen molar-refractivity contribution in [3.8, 4) is 0 Å². The number of ketones is 1. The zero-order valence-electron chi connectivity index (χ0n) is 14.2. The number of rotatable bonds is 4. The molecule has 122 valence electrons. The number of aryl methyl sites for hydroxylation is 1. The van der Waals surface area contributed by atoms with Crippen LogP contribution in [0.15, 0.2) is 0 Å². The monoisotopic (exact) mass is 306 g/mol. The third kappa shape index (κ3) is 3.40. The van der Waals surface area contributed by atoms with Crippen molar-refractivity contribution in [1.82, 2.24) is 9.88 Å². The van der Waals surface area contributed by atoms with Crippen molar-refractivity contribution in [1.29, 1.82) is 0 Å². The molecule has 0 radical (unpaired) electrons. The quantitative estimate of drug-likeness (QED) is 0.686. The normalized spacial score (nSPS) is 22.6. The Hall–Kier alpha value is -1.62. The first kappa shape index (κ1) is 16.7. The topological polar surface area (TPSA) is 62.4 Å². The second-order valence-electron chi connectivity index (χ2n) is 6.68. The predicted octanol–water partition coefficient (Wildman–Crippen LogP) is 2.58. The molecular weight excluding hydrogens is 280 g/mol. The molecule has 1 aliphatic rings. The molecule has 1 fully saturated rings. The van der Waals surface area contributed by atoms with Crippen LogP contribution >= 0.6 is 0 Å². The molecule has 5 nitrogen and oxygen atoms in total. The molecule has 1 aromatic heterocycles. The van der Waals surface area contributed by atoms with Gasteiger partial charge in [-0.25, -0.2) is 4.79 Å². The summed E-state index contributed by atoms with van der Waals surface area (Å²) < 4.78 is 4.79. The summed E-state index contributed by atoms with van der Waals surface area (Å²) in [5.41, 5.74) is 2.38. The summed E-state index contributed by atoms with van der Waals surface area (Å²) in [6.07, 6.45) is 1.22. The highest BCUT2D eigenvalue weighted by atomic mass is 16.5. The van der Waals surface area contributed by atoms with Gasteiger partial charge in [0, 0.05) is 18.8 Å². The van der Waals surface area contributed by atoms with E-state index in [4.69, 9.17) is 4.74 Å². The van der Waals surface area contributed by atoms with Gasteiger partial charge in [-0.3, -0.25) is 9.69 Å². The number of methoxy groups -OCH3 is 1. The molecule has 2 unspecified atom stereocenters. The zero-order chi connectivity index (χ0) is 16.4. The van der Waals surface area contributed by atoms with Crippen molar-refractivity contribution in [3.63, 3.8) is 0 Å². The first-order valence-electron chi connectivity index (χ1n) is 7.86. The number of likely N-dealkylation sites (tertiary alicyclic amines) is 1. The summed E-state index contributed by atoms with van der Waals surface area (Å²) in [6, 6.07) is 0. The lowest BCUT2D eigenvalue weighted by atomic mass is 9.91. The largest absolute Gasteiger partial charge is 0.465 e. The number of hydrogen-bond acceptors (Lipinski definition) is 4. The Labute approximate surface area is 132 Å². The van der Waals surface area contributed by atoms with E-state index in [0.29, 0.717) is 40.9 Å². The SMILES string of the molecule is COC(=O)c1c(C)[nH]c(C(=O)CN2CC(C)CC(C)C2)c1C. The van der Waals surface area contributed by atoms with Crippen LogP contribution in [0.4, 0.5) is 0 Å². The molecule has 0 amide bonds. The van der Waals surface area contributed by atoms with E-state index in [9.17, 15) is 9.59 Å². The fourth-order valence-electron chi connectivity index (χ4n) is 3.64. The van der Waals surface area contributed by atoms with E-state index in [1.165, 1.54) is 13.5 Å². The van der Waals surface area contributed by atoms with Gasteiger partial charge in [-0.15, -0.1) is 0 Å². The van der Waals surface area contributed by atoms with E-state index < -0.39 is 5.97 Å². The van der Waals surface area contributed by atoms with Crippen molar-refractivity contribution in [2.45, 2.75) is 34.1 Å². The maximum atomic E-state index is 12.6. The molecule has 0 aromatic carbocycles. The van der Waals surface area contributed by atoms with E-state index in [1.54, 1.807) is 13.8 Å². The Bertz CT molecular complexity index is 567. The molecule has 1 N–H and O–H groups in total. The summed E-state index contributed by atoms with van der Waals surface area (Å²) in [5, 5.41) is 0. The van der Waals surface area contributed by atoms with Gasteiger partial charge >= 0.3 is 5.97 Å². The number of carbonyl (C=O) groups excluding carboxylic acids is 2. The standard InChI is InChI=1S/C17H26N2O3/c1-10-6-11(2)8-19(7-10)9-14(20)16-12(3)15(13(4)18-16)17(21)22-5/h10-11,18H,6-9H2,1-5H3. The molecule has 1 saturated heterocycles. The van der Waals surface area contributed by atoms with E-state index in [1.807, 2.05) is 0 Å². The number of nitrogens with zero attached hydrogens (tertiary/aromatic N) is 1. The van der Waals surface area contributed by atoms with Gasteiger partial charge in [0.15, 0.2) is 5.78 Å². The van der Waals surface area contributed by atoms with Crippen molar-refractivity contribution in [3.05, 3.63) is 22.5 Å². The van der Waals surface area contributed by atoms with Crippen LogP contribution in [0.3, 0.4) is 0 Å². The summed E-state index contributed by atoms with van der Waals surface area (Å²) in [5.74, 6) is 0.880. The van der Waals surface area contributed by atoms with Crippen LogP contribution in [0.2, 0.25) is 0 Å². The fraction of sp³-hybridized carbons (Fsp3) is 0.647. The lowest BCUT2D eigenvalue weighted by molar-refractivity contribution is 0.0599. The number of carbonyl (C=O) groups is 2. The summed E-state index contributed by atoms with van der Waals surface area (Å²) in [6.45, 7) is 10.4. The maximum absolute atomic E-state index is 12.6. The van der Waals surface area contributed by atoms with Gasteiger partial charge in [0.2, 0.25) is 0 Å². The molecule has 2 atom stereocenters. The molecule has 2 rings (SSSR count). The van der Waals surface area contributed by atoms with Crippen LogP contribution in [-0.4, -0.2) is 48.4 Å². The van der Waals surface area contributed by atoms with Crippen molar-refractivity contribution in [2.24, 2.45) is 11.8 Å². The van der Waals surface area contributed by atoms with E-state index in [-0.39, 0.29) is 5.78 Å². The van der Waals surface area contributed by atoms with Crippen LogP contribution in [0.5, 0.6) is 0 Å². The highest BCUT2D eigenvalue weighted by molar-refractivity contribution is 6.02. The minimum atomic E-state index is -0.398. The summed E-state index contributed by atoms with van der Waals surface area (Å²) in [7, 11) is 1.35. The van der Waals surface area contributed by atoms with E-state index in [0.717, 1.165) is 13.1 Å². The minimum absolute atomic E-state index is 0.0389. The number of esters is 1. The molecule has 22 heavy (non-hydrogen) atoms. The van der Waals surface area contributed by atoms with Crippen LogP contribution in [-0.2, 0) is 4.74 Å². The summed E-state index contributed by atoms with van der Waals surface area (Å²) >= 11 is 0. The highest BCUT2D eigenvalue weighted by Gasteiger charge is 2.27. The predicted molar refractivity (Wildman–Crippen MR) is 85.3 cm³/mol. The summed E-state index contributed by atoms with van der Waals surface area (Å²) in [4.78, 5) is 29.7. The van der Waals surface area contributed by atoms with Gasteiger partial charge in [0.25, 0.3) is 0 Å². The molecule has 1 aromatic rings. The Morgan fingerprint density at radius 2 is 1.82 bits per heavy atom. The highest BCUT2D eigenvalue weighted by Crippen LogP contribution is 2.23.